The van der Waals surface area contributed by atoms with Gasteiger partial charge in [0.25, 0.3) is 0 Å². The summed E-state index contributed by atoms with van der Waals surface area (Å²) in [5.74, 6) is 0.987. The zero-order valence-corrected chi connectivity index (χ0v) is 13.8. The van der Waals surface area contributed by atoms with E-state index < -0.39 is 0 Å². The molecule has 2 aromatic rings. The number of hydrogen-bond donors (Lipinski definition) is 0. The zero-order valence-electron chi connectivity index (χ0n) is 13.8. The Morgan fingerprint density at radius 3 is 2.36 bits per heavy atom. The Morgan fingerprint density at radius 1 is 1.14 bits per heavy atom. The Balaban J connectivity index is 2.05. The Labute approximate surface area is 130 Å². The highest BCUT2D eigenvalue weighted by Crippen LogP contribution is 2.21. The summed E-state index contributed by atoms with van der Waals surface area (Å²) in [7, 11) is 0. The number of carbonyl (C=O) groups excluding carboxylic acids is 1. The van der Waals surface area contributed by atoms with Crippen LogP contribution in [-0.4, -0.2) is 22.4 Å². The summed E-state index contributed by atoms with van der Waals surface area (Å²) in [5.41, 5.74) is 4.06. The molecule has 0 saturated carbocycles. The molecule has 0 aliphatic carbocycles. The summed E-state index contributed by atoms with van der Waals surface area (Å²) in [6, 6.07) is 6.10. The van der Waals surface area contributed by atoms with Gasteiger partial charge in [0.05, 0.1) is 12.2 Å². The second-order valence-corrected chi connectivity index (χ2v) is 5.50. The third kappa shape index (κ3) is 3.87. The van der Waals surface area contributed by atoms with E-state index in [1.807, 2.05) is 39.8 Å². The highest BCUT2D eigenvalue weighted by molar-refractivity contribution is 5.69. The summed E-state index contributed by atoms with van der Waals surface area (Å²) in [6.45, 7) is 10.2. The number of nitrogens with zero attached hydrogens (tertiary/aromatic N) is 2. The molecule has 118 valence electrons. The fourth-order valence-electron chi connectivity index (χ4n) is 2.33. The Kier molecular flexibility index (Phi) is 4.85. The van der Waals surface area contributed by atoms with Crippen molar-refractivity contribution in [1.82, 2.24) is 9.78 Å². The van der Waals surface area contributed by atoms with Gasteiger partial charge < -0.3 is 9.47 Å². The van der Waals surface area contributed by atoms with Gasteiger partial charge in [0, 0.05) is 12.5 Å². The van der Waals surface area contributed by atoms with Crippen molar-refractivity contribution in [3.63, 3.8) is 0 Å². The second kappa shape index (κ2) is 6.64. The molecule has 0 radical (unpaired) electrons. The average molecular weight is 302 g/mol. The largest absolute Gasteiger partial charge is 0.492 e. The van der Waals surface area contributed by atoms with E-state index in [0.717, 1.165) is 17.0 Å². The van der Waals surface area contributed by atoms with Gasteiger partial charge in [-0.2, -0.15) is 5.10 Å². The Morgan fingerprint density at radius 2 is 1.77 bits per heavy atom. The third-order valence-corrected chi connectivity index (χ3v) is 3.38. The van der Waals surface area contributed by atoms with Crippen molar-refractivity contribution in [3.05, 3.63) is 40.6 Å². The minimum atomic E-state index is -0.348. The fourth-order valence-corrected chi connectivity index (χ4v) is 2.33. The van der Waals surface area contributed by atoms with E-state index in [1.54, 1.807) is 4.68 Å². The summed E-state index contributed by atoms with van der Waals surface area (Å²) in [4.78, 5) is 11.2. The minimum absolute atomic E-state index is 0.348. The fraction of sp³-hybridized carbons (Fsp3) is 0.412. The van der Waals surface area contributed by atoms with Crippen LogP contribution in [0.25, 0.3) is 0 Å². The lowest BCUT2D eigenvalue weighted by Gasteiger charge is -2.10. The van der Waals surface area contributed by atoms with Crippen molar-refractivity contribution in [3.8, 4) is 11.6 Å². The van der Waals surface area contributed by atoms with Gasteiger partial charge in [0.15, 0.2) is 0 Å². The molecule has 1 aromatic carbocycles. The van der Waals surface area contributed by atoms with Gasteiger partial charge in [-0.15, -0.1) is 0 Å². The molecule has 0 unspecified atom stereocenters. The number of hydrogen-bond acceptors (Lipinski definition) is 4. The quantitative estimate of drug-likeness (QED) is 0.796. The number of carbonyl (C=O) groups is 1. The van der Waals surface area contributed by atoms with Crippen LogP contribution >= 0.6 is 0 Å². The lowest BCUT2D eigenvalue weighted by molar-refractivity contribution is -0.132. The Bertz CT molecular complexity index is 669. The van der Waals surface area contributed by atoms with Gasteiger partial charge in [-0.3, -0.25) is 4.79 Å². The molecular weight excluding hydrogens is 280 g/mol. The maximum atomic E-state index is 11.2. The van der Waals surface area contributed by atoms with Crippen LogP contribution in [0.15, 0.2) is 18.2 Å². The van der Waals surface area contributed by atoms with E-state index in [-0.39, 0.29) is 5.97 Å². The summed E-state index contributed by atoms with van der Waals surface area (Å²) >= 11 is 0. The van der Waals surface area contributed by atoms with E-state index in [1.165, 1.54) is 18.1 Å². The second-order valence-electron chi connectivity index (χ2n) is 5.50. The molecule has 0 aliphatic rings. The molecule has 0 atom stereocenters. The molecule has 0 saturated heterocycles. The first-order valence-corrected chi connectivity index (χ1v) is 7.30. The molecule has 0 spiro atoms. The number of esters is 1. The number of aromatic nitrogens is 2. The van der Waals surface area contributed by atoms with Crippen LogP contribution in [0.2, 0.25) is 0 Å². The number of benzene rings is 1. The van der Waals surface area contributed by atoms with Gasteiger partial charge in [-0.1, -0.05) is 6.07 Å². The summed E-state index contributed by atoms with van der Waals surface area (Å²) < 4.78 is 12.7. The molecule has 0 amide bonds. The van der Waals surface area contributed by atoms with Gasteiger partial charge in [-0.25, -0.2) is 4.68 Å². The SMILES string of the molecule is CC(=O)Oc1c(C)c(C)nn1CCOc1cc(C)cc(C)c1. The first kappa shape index (κ1) is 16.1. The molecule has 0 aliphatic heterocycles. The molecule has 1 aromatic heterocycles. The topological polar surface area (TPSA) is 53.3 Å². The predicted molar refractivity (Wildman–Crippen MR) is 84.4 cm³/mol. The van der Waals surface area contributed by atoms with Crippen LogP contribution in [0.5, 0.6) is 11.6 Å². The van der Waals surface area contributed by atoms with Crippen LogP contribution in [-0.2, 0) is 11.3 Å². The maximum Gasteiger partial charge on any atom is 0.309 e. The van der Waals surface area contributed by atoms with E-state index in [9.17, 15) is 4.79 Å². The van der Waals surface area contributed by atoms with E-state index >= 15 is 0 Å². The molecule has 0 N–H and O–H groups in total. The van der Waals surface area contributed by atoms with Gasteiger partial charge >= 0.3 is 5.97 Å². The van der Waals surface area contributed by atoms with E-state index in [2.05, 4.69) is 11.2 Å². The van der Waals surface area contributed by atoms with Crippen molar-refractivity contribution in [2.24, 2.45) is 0 Å². The van der Waals surface area contributed by atoms with Gasteiger partial charge in [-0.05, 0) is 51.0 Å². The normalized spacial score (nSPS) is 10.6. The third-order valence-electron chi connectivity index (χ3n) is 3.38. The molecular formula is C17H22N2O3. The molecule has 22 heavy (non-hydrogen) atoms. The van der Waals surface area contributed by atoms with Crippen molar-refractivity contribution in [2.75, 3.05) is 6.61 Å². The molecule has 0 bridgehead atoms. The average Bonchev–Trinajstić information content (AvgIpc) is 2.65. The molecule has 0 fully saturated rings. The first-order chi connectivity index (χ1) is 10.4. The lowest BCUT2D eigenvalue weighted by Crippen LogP contribution is -2.13. The number of ether oxygens (including phenoxy) is 2. The number of aryl methyl sites for hydroxylation is 3. The molecule has 5 nitrogen and oxygen atoms in total. The minimum Gasteiger partial charge on any atom is -0.492 e. The van der Waals surface area contributed by atoms with Crippen LogP contribution in [0.3, 0.4) is 0 Å². The Hall–Kier alpha value is -2.30. The number of rotatable bonds is 5. The van der Waals surface area contributed by atoms with Crippen molar-refractivity contribution in [2.45, 2.75) is 41.2 Å². The molecule has 1 heterocycles. The monoisotopic (exact) mass is 302 g/mol. The lowest BCUT2D eigenvalue weighted by atomic mass is 10.1. The predicted octanol–water partition coefficient (Wildman–Crippen LogP) is 3.12. The van der Waals surface area contributed by atoms with Crippen LogP contribution in [0, 0.1) is 27.7 Å². The van der Waals surface area contributed by atoms with E-state index in [0.29, 0.717) is 19.0 Å². The van der Waals surface area contributed by atoms with Crippen LogP contribution in [0.1, 0.15) is 29.3 Å². The molecule has 5 heteroatoms. The van der Waals surface area contributed by atoms with Crippen LogP contribution < -0.4 is 9.47 Å². The van der Waals surface area contributed by atoms with Crippen molar-refractivity contribution < 1.29 is 14.3 Å². The summed E-state index contributed by atoms with van der Waals surface area (Å²) in [5, 5.41) is 4.39. The van der Waals surface area contributed by atoms with Crippen molar-refractivity contribution >= 4 is 5.97 Å². The molecule has 2 rings (SSSR count). The first-order valence-electron chi connectivity index (χ1n) is 7.30. The zero-order chi connectivity index (χ0) is 16.3. The smallest absolute Gasteiger partial charge is 0.309 e. The van der Waals surface area contributed by atoms with Crippen molar-refractivity contribution in [1.29, 1.82) is 0 Å². The van der Waals surface area contributed by atoms with Gasteiger partial charge in [0.1, 0.15) is 12.4 Å². The highest BCUT2D eigenvalue weighted by Gasteiger charge is 2.14. The maximum absolute atomic E-state index is 11.2. The highest BCUT2D eigenvalue weighted by atomic mass is 16.5. The standard InChI is InChI=1S/C17H22N2O3/c1-11-8-12(2)10-16(9-11)21-7-6-19-17(22-15(5)20)13(3)14(4)18-19/h8-10H,6-7H2,1-5H3. The summed E-state index contributed by atoms with van der Waals surface area (Å²) in [6.07, 6.45) is 0. The van der Waals surface area contributed by atoms with Crippen LogP contribution in [0.4, 0.5) is 0 Å². The van der Waals surface area contributed by atoms with E-state index in [4.69, 9.17) is 9.47 Å². The van der Waals surface area contributed by atoms with Gasteiger partial charge in [0.2, 0.25) is 5.88 Å².